The molecule has 1 rings (SSSR count). The number of aliphatic hydroxyl groups excluding tert-OH is 1. The Bertz CT molecular complexity index is 158. The van der Waals surface area contributed by atoms with Crippen LogP contribution in [-0.4, -0.2) is 27.5 Å². The van der Waals surface area contributed by atoms with Crippen LogP contribution in [0.25, 0.3) is 0 Å². The van der Waals surface area contributed by atoms with Gasteiger partial charge < -0.3 is 10.2 Å². The van der Waals surface area contributed by atoms with E-state index in [1.807, 2.05) is 11.5 Å². The van der Waals surface area contributed by atoms with E-state index in [-0.39, 0.29) is 5.25 Å². The lowest BCUT2D eigenvalue weighted by Crippen LogP contribution is -2.29. The first-order valence-corrected chi connectivity index (χ1v) is 3.87. The van der Waals surface area contributed by atoms with Gasteiger partial charge in [-0.3, -0.25) is 0 Å². The van der Waals surface area contributed by atoms with Gasteiger partial charge in [0.1, 0.15) is 0 Å². The van der Waals surface area contributed by atoms with Crippen molar-refractivity contribution in [1.82, 2.24) is 0 Å². The van der Waals surface area contributed by atoms with E-state index in [1.165, 1.54) is 11.8 Å². The minimum atomic E-state index is -1.22. The van der Waals surface area contributed by atoms with Gasteiger partial charge in [0.05, 0.1) is 0 Å². The zero-order valence-electron chi connectivity index (χ0n) is 5.23. The smallest absolute Gasteiger partial charge is 0.333 e. The fraction of sp³-hybridized carbons (Fsp3) is 0.500. The molecule has 0 spiro atoms. The lowest BCUT2D eigenvalue weighted by Gasteiger charge is -2.10. The number of thioether (sulfide) groups is 1. The van der Waals surface area contributed by atoms with Gasteiger partial charge in [-0.05, 0) is 11.8 Å². The summed E-state index contributed by atoms with van der Waals surface area (Å²) in [4.78, 5) is 10.2. The molecule has 0 bridgehead atoms. The van der Waals surface area contributed by atoms with E-state index in [2.05, 4.69) is 0 Å². The predicted octanol–water partition coefficient (Wildman–Crippen LogP) is 0.451. The highest BCUT2D eigenvalue weighted by Gasteiger charge is 2.26. The maximum Gasteiger partial charge on any atom is 0.333 e. The van der Waals surface area contributed by atoms with Gasteiger partial charge >= 0.3 is 5.97 Å². The molecule has 1 aliphatic rings. The van der Waals surface area contributed by atoms with Gasteiger partial charge in [-0.1, -0.05) is 6.08 Å². The highest BCUT2D eigenvalue weighted by atomic mass is 32.2. The second-order valence-corrected chi connectivity index (χ2v) is 3.21. The van der Waals surface area contributed by atoms with E-state index in [4.69, 9.17) is 10.2 Å². The summed E-state index contributed by atoms with van der Waals surface area (Å²) >= 11 is 1.37. The highest BCUT2D eigenvalue weighted by Crippen LogP contribution is 2.26. The fourth-order valence-corrected chi connectivity index (χ4v) is 1.68. The first-order valence-electron chi connectivity index (χ1n) is 2.93. The highest BCUT2D eigenvalue weighted by molar-refractivity contribution is 8.03. The summed E-state index contributed by atoms with van der Waals surface area (Å²) in [6.45, 7) is 0. The second-order valence-electron chi connectivity index (χ2n) is 2.07. The van der Waals surface area contributed by atoms with Crippen LogP contribution in [0.4, 0.5) is 0 Å². The van der Waals surface area contributed by atoms with Gasteiger partial charge in [-0.2, -0.15) is 0 Å². The molecule has 2 atom stereocenters. The summed E-state index contributed by atoms with van der Waals surface area (Å²) in [5.74, 6) is -1.14. The average molecular weight is 160 g/mol. The molecule has 0 saturated heterocycles. The van der Waals surface area contributed by atoms with E-state index in [0.717, 1.165) is 0 Å². The van der Waals surface area contributed by atoms with E-state index in [0.29, 0.717) is 6.42 Å². The molecule has 1 unspecified atom stereocenters. The number of carbonyl (C=O) groups is 1. The Morgan fingerprint density at radius 3 is 2.90 bits per heavy atom. The van der Waals surface area contributed by atoms with E-state index >= 15 is 0 Å². The quantitative estimate of drug-likeness (QED) is 0.615. The number of hydrogen-bond donors (Lipinski definition) is 2. The SMILES string of the molecule is O=C(O)[C@@H](O)C1CC=CS1. The molecule has 0 fully saturated rings. The number of aliphatic hydroxyl groups is 1. The molecular formula is C6H8O3S. The molecule has 1 aliphatic heterocycles. The second kappa shape index (κ2) is 3.07. The van der Waals surface area contributed by atoms with Crippen molar-refractivity contribution in [2.45, 2.75) is 17.8 Å². The van der Waals surface area contributed by atoms with Gasteiger partial charge in [0, 0.05) is 5.25 Å². The van der Waals surface area contributed by atoms with Crippen LogP contribution in [0.2, 0.25) is 0 Å². The third-order valence-electron chi connectivity index (χ3n) is 1.32. The molecule has 56 valence electrons. The van der Waals surface area contributed by atoms with E-state index in [9.17, 15) is 4.79 Å². The maximum atomic E-state index is 10.2. The number of aliphatic carboxylic acids is 1. The monoisotopic (exact) mass is 160 g/mol. The minimum Gasteiger partial charge on any atom is -0.479 e. The average Bonchev–Trinajstić information content (AvgIpc) is 2.36. The Balaban J connectivity index is 2.42. The number of carboxylic acid groups (broad SMARTS) is 1. The third-order valence-corrected chi connectivity index (χ3v) is 2.47. The molecule has 0 aromatic rings. The minimum absolute atomic E-state index is 0.183. The van der Waals surface area contributed by atoms with Crippen LogP contribution < -0.4 is 0 Å². The van der Waals surface area contributed by atoms with Crippen LogP contribution in [0.3, 0.4) is 0 Å². The Labute approximate surface area is 62.7 Å². The number of carboxylic acids is 1. The Hall–Kier alpha value is -0.480. The van der Waals surface area contributed by atoms with Crippen LogP contribution >= 0.6 is 11.8 Å². The summed E-state index contributed by atoms with van der Waals surface area (Å²) in [5.41, 5.74) is 0. The molecule has 0 aromatic carbocycles. The molecule has 0 radical (unpaired) electrons. The normalized spacial score (nSPS) is 26.7. The Kier molecular flexibility index (Phi) is 2.34. The summed E-state index contributed by atoms with van der Waals surface area (Å²) in [6, 6.07) is 0. The summed E-state index contributed by atoms with van der Waals surface area (Å²) < 4.78 is 0. The molecule has 0 saturated carbocycles. The Morgan fingerprint density at radius 1 is 1.80 bits per heavy atom. The molecule has 1 heterocycles. The van der Waals surface area contributed by atoms with Crippen LogP contribution in [0, 0.1) is 0 Å². The summed E-state index contributed by atoms with van der Waals surface area (Å²) in [5, 5.41) is 19.0. The zero-order chi connectivity index (χ0) is 7.56. The van der Waals surface area contributed by atoms with Crippen molar-refractivity contribution in [3.63, 3.8) is 0 Å². The number of hydrogen-bond acceptors (Lipinski definition) is 3. The van der Waals surface area contributed by atoms with Crippen molar-refractivity contribution in [1.29, 1.82) is 0 Å². The molecule has 0 aliphatic carbocycles. The molecule has 0 amide bonds. The van der Waals surface area contributed by atoms with Crippen molar-refractivity contribution in [3.05, 3.63) is 11.5 Å². The van der Waals surface area contributed by atoms with Crippen molar-refractivity contribution in [2.24, 2.45) is 0 Å². The largest absolute Gasteiger partial charge is 0.479 e. The predicted molar refractivity (Wildman–Crippen MR) is 38.8 cm³/mol. The van der Waals surface area contributed by atoms with Gasteiger partial charge in [0.15, 0.2) is 6.10 Å². The van der Waals surface area contributed by atoms with Crippen molar-refractivity contribution >= 4 is 17.7 Å². The molecule has 4 heteroatoms. The number of allylic oxidation sites excluding steroid dienone is 1. The van der Waals surface area contributed by atoms with Crippen LogP contribution in [0.1, 0.15) is 6.42 Å². The van der Waals surface area contributed by atoms with Crippen molar-refractivity contribution in [3.8, 4) is 0 Å². The summed E-state index contributed by atoms with van der Waals surface area (Å²) in [7, 11) is 0. The standard InChI is InChI=1S/C6H8O3S/c7-5(6(8)9)4-2-1-3-10-4/h1,3-5,7H,2H2,(H,8,9)/t4?,5-/m0/s1. The van der Waals surface area contributed by atoms with E-state index in [1.54, 1.807) is 0 Å². The first kappa shape index (κ1) is 7.63. The lowest BCUT2D eigenvalue weighted by atomic mass is 10.2. The van der Waals surface area contributed by atoms with Gasteiger partial charge in [0.25, 0.3) is 0 Å². The Morgan fingerprint density at radius 2 is 2.50 bits per heavy atom. The zero-order valence-corrected chi connectivity index (χ0v) is 6.04. The first-order chi connectivity index (χ1) is 4.72. The lowest BCUT2D eigenvalue weighted by molar-refractivity contribution is -0.146. The molecule has 0 aromatic heterocycles. The maximum absolute atomic E-state index is 10.2. The molecular weight excluding hydrogens is 152 g/mol. The van der Waals surface area contributed by atoms with Crippen LogP contribution in [0.5, 0.6) is 0 Å². The molecule has 10 heavy (non-hydrogen) atoms. The van der Waals surface area contributed by atoms with E-state index < -0.39 is 12.1 Å². The van der Waals surface area contributed by atoms with Gasteiger partial charge in [-0.15, -0.1) is 11.8 Å². The van der Waals surface area contributed by atoms with Crippen molar-refractivity contribution in [2.75, 3.05) is 0 Å². The van der Waals surface area contributed by atoms with Crippen molar-refractivity contribution < 1.29 is 15.0 Å². The fourth-order valence-electron chi connectivity index (χ4n) is 0.764. The number of rotatable bonds is 2. The van der Waals surface area contributed by atoms with Gasteiger partial charge in [-0.25, -0.2) is 4.79 Å². The molecule has 2 N–H and O–H groups in total. The van der Waals surface area contributed by atoms with Gasteiger partial charge in [0.2, 0.25) is 0 Å². The topological polar surface area (TPSA) is 57.5 Å². The third kappa shape index (κ3) is 1.52. The summed E-state index contributed by atoms with van der Waals surface area (Å²) in [6.07, 6.45) is 1.29. The van der Waals surface area contributed by atoms with Crippen LogP contribution in [-0.2, 0) is 4.79 Å². The molecule has 3 nitrogen and oxygen atoms in total. The van der Waals surface area contributed by atoms with Crippen LogP contribution in [0.15, 0.2) is 11.5 Å².